The van der Waals surface area contributed by atoms with Crippen LogP contribution in [-0.4, -0.2) is 76.6 Å². The molecule has 0 radical (unpaired) electrons. The Hall–Kier alpha value is -3.32. The van der Waals surface area contributed by atoms with Gasteiger partial charge in [0.2, 0.25) is 12.0 Å². The predicted molar refractivity (Wildman–Crippen MR) is 158 cm³/mol. The maximum Gasteiger partial charge on any atom is 0.251 e. The van der Waals surface area contributed by atoms with Gasteiger partial charge in [0.1, 0.15) is 30.5 Å². The third-order valence-electron chi connectivity index (χ3n) is 9.07. The highest BCUT2D eigenvalue weighted by molar-refractivity contribution is 5.79. The summed E-state index contributed by atoms with van der Waals surface area (Å²) in [5.41, 5.74) is 9.89. The summed E-state index contributed by atoms with van der Waals surface area (Å²) in [4.78, 5) is 19.1. The van der Waals surface area contributed by atoms with Gasteiger partial charge in [-0.15, -0.1) is 0 Å². The molecule has 226 valence electrons. The number of anilines is 1. The topological polar surface area (TPSA) is 165 Å². The molecular formula is C30H42N8O4. The Morgan fingerprint density at radius 3 is 2.69 bits per heavy atom. The van der Waals surface area contributed by atoms with E-state index in [1.54, 1.807) is 0 Å². The summed E-state index contributed by atoms with van der Waals surface area (Å²) in [5, 5.41) is 33.6. The highest BCUT2D eigenvalue weighted by Crippen LogP contribution is 2.38. The van der Waals surface area contributed by atoms with E-state index >= 15 is 0 Å². The zero-order chi connectivity index (χ0) is 29.9. The number of aliphatic hydroxyl groups excluding tert-OH is 2. The van der Waals surface area contributed by atoms with Gasteiger partial charge in [-0.1, -0.05) is 31.8 Å². The molecule has 0 amide bonds. The lowest BCUT2D eigenvalue weighted by atomic mass is 9.76. The van der Waals surface area contributed by atoms with Crippen LogP contribution >= 0.6 is 0 Å². The molecule has 1 aliphatic heterocycles. The number of aromatic nitrogens is 6. The number of nitrogens with zero attached hydrogens (tertiary/aromatic N) is 6. The van der Waals surface area contributed by atoms with E-state index < -0.39 is 24.5 Å². The van der Waals surface area contributed by atoms with Gasteiger partial charge in [-0.3, -0.25) is 9.47 Å². The number of aromatic amines is 1. The largest absolute Gasteiger partial charge is 0.740 e. The highest BCUT2D eigenvalue weighted by atomic mass is 16.6. The number of hydrogen-bond acceptors (Lipinski definition) is 9. The summed E-state index contributed by atoms with van der Waals surface area (Å²) >= 11 is 0. The lowest BCUT2D eigenvalue weighted by Gasteiger charge is -2.46. The molecule has 5 N–H and O–H groups in total. The van der Waals surface area contributed by atoms with E-state index in [9.17, 15) is 15.4 Å². The number of rotatable bonds is 8. The monoisotopic (exact) mass is 578 g/mol. The maximum absolute atomic E-state index is 11.8. The van der Waals surface area contributed by atoms with Gasteiger partial charge in [-0.05, 0) is 62.1 Å². The predicted octanol–water partition coefficient (Wildman–Crippen LogP) is 2.56. The van der Waals surface area contributed by atoms with Crippen molar-refractivity contribution in [2.24, 2.45) is 5.92 Å². The molecule has 4 heterocycles. The van der Waals surface area contributed by atoms with Crippen molar-refractivity contribution in [2.45, 2.75) is 102 Å². The molecule has 0 unspecified atom stereocenters. The first-order valence-electron chi connectivity index (χ1n) is 14.9. The Balaban J connectivity index is 1.06. The molecule has 2 fully saturated rings. The van der Waals surface area contributed by atoms with Crippen LogP contribution in [0.15, 0.2) is 30.9 Å². The molecule has 1 saturated carbocycles. The van der Waals surface area contributed by atoms with Crippen molar-refractivity contribution in [3.8, 4) is 0 Å². The second-order valence-electron chi connectivity index (χ2n) is 13.3. The quantitative estimate of drug-likeness (QED) is 0.182. The van der Waals surface area contributed by atoms with Crippen LogP contribution in [0, 0.1) is 11.1 Å². The number of imidazole rings is 2. The minimum absolute atomic E-state index is 0.0798. The number of benzene rings is 1. The molecule has 4 atom stereocenters. The molecule has 1 aliphatic carbocycles. The molecule has 1 aromatic carbocycles. The van der Waals surface area contributed by atoms with Crippen molar-refractivity contribution in [3.63, 3.8) is 0 Å². The van der Waals surface area contributed by atoms with Crippen LogP contribution in [0.4, 0.5) is 5.82 Å². The van der Waals surface area contributed by atoms with Gasteiger partial charge < -0.3 is 30.9 Å². The van der Waals surface area contributed by atoms with E-state index in [4.69, 9.17) is 15.5 Å². The summed E-state index contributed by atoms with van der Waals surface area (Å²) in [6.45, 7) is 11.4. The Kier molecular flexibility index (Phi) is 7.37. The average molecular weight is 579 g/mol. The Morgan fingerprint density at radius 2 is 1.98 bits per heavy atom. The van der Waals surface area contributed by atoms with Gasteiger partial charge in [0.05, 0.1) is 11.0 Å². The van der Waals surface area contributed by atoms with Crippen LogP contribution < -0.4 is 10.5 Å². The molecule has 0 bridgehead atoms. The highest BCUT2D eigenvalue weighted by Gasteiger charge is 2.47. The molecule has 1 saturated heterocycles. The molecule has 3 aromatic heterocycles. The fraction of sp³-hybridized carbons (Fsp3) is 0.600. The van der Waals surface area contributed by atoms with Crippen LogP contribution in [0.1, 0.15) is 71.5 Å². The summed E-state index contributed by atoms with van der Waals surface area (Å²) in [5.74, 6) is 1.57. The first kappa shape index (κ1) is 28.8. The molecule has 12 nitrogen and oxygen atoms in total. The number of fused-ring (bicyclic) bond motifs is 2. The Bertz CT molecular complexity index is 1570. The maximum atomic E-state index is 11.8. The number of aliphatic hydroxyl groups is 2. The lowest BCUT2D eigenvalue weighted by Crippen LogP contribution is -2.52. The lowest BCUT2D eigenvalue weighted by molar-refractivity contribution is -0.592. The smallest absolute Gasteiger partial charge is 0.251 e. The number of nitrogen functional groups attached to an aromatic ring is 1. The standard InChI is InChI=1S/C30H42N8O4/c1-16(2)36(13-22-25(39)26(40)29(42-22)37-14-32-24-27(31)38(41)15-33-28(24)37)19-10-17(11-19)6-9-23-34-20-8-7-18(30(3,4)5)12-21(20)35-23/h7-8,12,14-17,19,22,25-26,29,39-40H,6,9-11,13,31H2,1-5H3,(H,34,35)/t17-,19+,22-,25-,26-,29-/m1/s1. The van der Waals surface area contributed by atoms with Crippen LogP contribution in [0.3, 0.4) is 0 Å². The SMILES string of the molecule is CC(C)N(C[C@H]1O[C@@H](n2cnc3c(N)[n+]([O-])cnc32)[C@H](O)[C@@H]1O)[C@H]1C[C@@H](CCc2nc3cc(C(C)(C)C)ccc3[nH]2)C1. The number of nitrogens with two attached hydrogens (primary N) is 1. The third-order valence-corrected chi connectivity index (χ3v) is 9.07. The minimum atomic E-state index is -1.18. The molecular weight excluding hydrogens is 536 g/mol. The first-order valence-corrected chi connectivity index (χ1v) is 14.9. The van der Waals surface area contributed by atoms with Gasteiger partial charge >= 0.3 is 0 Å². The number of H-pyrrole nitrogens is 1. The van der Waals surface area contributed by atoms with Gasteiger partial charge in [0, 0.05) is 25.0 Å². The zero-order valence-corrected chi connectivity index (χ0v) is 24.9. The van der Waals surface area contributed by atoms with Crippen molar-refractivity contribution in [1.29, 1.82) is 0 Å². The molecule has 42 heavy (non-hydrogen) atoms. The van der Waals surface area contributed by atoms with Crippen molar-refractivity contribution >= 4 is 28.0 Å². The van der Waals surface area contributed by atoms with Crippen LogP contribution in [0.2, 0.25) is 0 Å². The second-order valence-corrected chi connectivity index (χ2v) is 13.3. The number of ether oxygens (including phenoxy) is 1. The summed E-state index contributed by atoms with van der Waals surface area (Å²) in [7, 11) is 0. The van der Waals surface area contributed by atoms with Crippen LogP contribution in [0.5, 0.6) is 0 Å². The summed E-state index contributed by atoms with van der Waals surface area (Å²) in [6.07, 6.45) is 2.88. The van der Waals surface area contributed by atoms with E-state index in [1.165, 1.54) is 16.5 Å². The van der Waals surface area contributed by atoms with E-state index in [2.05, 4.69) is 72.7 Å². The van der Waals surface area contributed by atoms with E-state index in [0.29, 0.717) is 28.9 Å². The van der Waals surface area contributed by atoms with Crippen LogP contribution in [-0.2, 0) is 16.6 Å². The van der Waals surface area contributed by atoms with Crippen molar-refractivity contribution in [1.82, 2.24) is 29.4 Å². The molecule has 12 heteroatoms. The number of aryl methyl sites for hydroxylation is 1. The first-order chi connectivity index (χ1) is 19.9. The van der Waals surface area contributed by atoms with Crippen molar-refractivity contribution in [3.05, 3.63) is 47.4 Å². The van der Waals surface area contributed by atoms with Gasteiger partial charge in [0.25, 0.3) is 5.82 Å². The van der Waals surface area contributed by atoms with Crippen molar-refractivity contribution in [2.75, 3.05) is 12.3 Å². The number of nitrogens with one attached hydrogen (secondary N) is 1. The van der Waals surface area contributed by atoms with E-state index in [0.717, 1.165) is 48.9 Å². The Labute approximate surface area is 245 Å². The normalized spacial score (nSPS) is 26.6. The van der Waals surface area contributed by atoms with E-state index in [-0.39, 0.29) is 22.8 Å². The molecule has 4 aromatic rings. The zero-order valence-electron chi connectivity index (χ0n) is 24.9. The third kappa shape index (κ3) is 5.21. The molecule has 6 rings (SSSR count). The Morgan fingerprint density at radius 1 is 1.21 bits per heavy atom. The molecule has 2 aliphatic rings. The fourth-order valence-corrected chi connectivity index (χ4v) is 6.41. The van der Waals surface area contributed by atoms with Gasteiger partial charge in [-0.2, -0.15) is 0 Å². The van der Waals surface area contributed by atoms with E-state index in [1.807, 2.05) is 0 Å². The van der Waals surface area contributed by atoms with Gasteiger partial charge in [-0.25, -0.2) is 14.7 Å². The number of hydrogen-bond donors (Lipinski definition) is 4. The fourth-order valence-electron chi connectivity index (χ4n) is 6.41. The summed E-state index contributed by atoms with van der Waals surface area (Å²) < 4.78 is 8.17. The summed E-state index contributed by atoms with van der Waals surface area (Å²) in [6, 6.07) is 7.14. The van der Waals surface area contributed by atoms with Crippen LogP contribution in [0.25, 0.3) is 22.2 Å². The minimum Gasteiger partial charge on any atom is -0.740 e. The molecule has 0 spiro atoms. The average Bonchev–Trinajstić information content (AvgIpc) is 3.60. The van der Waals surface area contributed by atoms with Crippen molar-refractivity contribution < 1.29 is 19.7 Å². The van der Waals surface area contributed by atoms with Gasteiger partial charge in [0.15, 0.2) is 11.7 Å². The second kappa shape index (κ2) is 10.7.